The second-order valence-corrected chi connectivity index (χ2v) is 7.83. The molecule has 166 valence electrons. The number of para-hydroxylation sites is 1. The van der Waals surface area contributed by atoms with Crippen LogP contribution in [0.25, 0.3) is 10.2 Å². The fourth-order valence-corrected chi connectivity index (χ4v) is 4.35. The Hall–Kier alpha value is -3.59. The lowest BCUT2D eigenvalue weighted by Crippen LogP contribution is -2.34. The molecule has 1 amide bonds. The number of nitrogens with zero attached hydrogens (tertiary/aromatic N) is 4. The number of hydrogen-bond acceptors (Lipinski definition) is 7. The van der Waals surface area contributed by atoms with Crippen LogP contribution in [0, 0.1) is 0 Å². The van der Waals surface area contributed by atoms with Crippen molar-refractivity contribution in [3.63, 3.8) is 0 Å². The van der Waals surface area contributed by atoms with Crippen LogP contribution >= 0.6 is 11.3 Å². The van der Waals surface area contributed by atoms with Gasteiger partial charge >= 0.3 is 0 Å². The Balaban J connectivity index is 1.76. The van der Waals surface area contributed by atoms with Crippen molar-refractivity contribution in [3.05, 3.63) is 60.4 Å². The summed E-state index contributed by atoms with van der Waals surface area (Å²) in [6, 6.07) is 12.8. The predicted octanol–water partition coefficient (Wildman–Crippen LogP) is 4.26. The Kier molecular flexibility index (Phi) is 6.55. The number of thiazole rings is 1. The average molecular weight is 453 g/mol. The molecule has 0 N–H and O–H groups in total. The Morgan fingerprint density at radius 3 is 2.72 bits per heavy atom. The summed E-state index contributed by atoms with van der Waals surface area (Å²) in [5, 5.41) is 4.83. The van der Waals surface area contributed by atoms with E-state index in [0.29, 0.717) is 47.6 Å². The number of hydrogen-bond donors (Lipinski definition) is 0. The first kappa shape index (κ1) is 21.6. The van der Waals surface area contributed by atoms with Gasteiger partial charge in [-0.05, 0) is 43.3 Å². The highest BCUT2D eigenvalue weighted by Crippen LogP contribution is 2.36. The molecule has 0 atom stereocenters. The van der Waals surface area contributed by atoms with Crippen LogP contribution in [0.3, 0.4) is 0 Å². The van der Waals surface area contributed by atoms with E-state index in [-0.39, 0.29) is 5.91 Å². The molecule has 4 rings (SSSR count). The van der Waals surface area contributed by atoms with Crippen LogP contribution in [0.4, 0.5) is 5.13 Å². The summed E-state index contributed by atoms with van der Waals surface area (Å²) in [6.07, 6.45) is 3.57. The van der Waals surface area contributed by atoms with Gasteiger partial charge in [-0.25, -0.2) is 4.98 Å². The van der Waals surface area contributed by atoms with Gasteiger partial charge in [0.2, 0.25) is 0 Å². The van der Waals surface area contributed by atoms with E-state index in [2.05, 4.69) is 5.10 Å². The standard InChI is InChI=1S/C23H24N4O4S/c1-4-31-19-7-5-8-20-21(19)25-23(32-20)27(14-13-26-12-6-11-24-26)22(28)17-15-16(29-2)9-10-18(17)30-3/h5-12,15H,4,13-14H2,1-3H3. The second kappa shape index (κ2) is 9.69. The lowest BCUT2D eigenvalue weighted by molar-refractivity contribution is 0.0982. The fourth-order valence-electron chi connectivity index (χ4n) is 3.34. The van der Waals surface area contributed by atoms with Crippen molar-refractivity contribution < 1.29 is 19.0 Å². The molecule has 2 heterocycles. The van der Waals surface area contributed by atoms with Gasteiger partial charge in [0.05, 0.1) is 37.6 Å². The lowest BCUT2D eigenvalue weighted by Gasteiger charge is -2.21. The van der Waals surface area contributed by atoms with Crippen molar-refractivity contribution in [1.29, 1.82) is 0 Å². The van der Waals surface area contributed by atoms with Gasteiger partial charge in [-0.1, -0.05) is 17.4 Å². The van der Waals surface area contributed by atoms with Gasteiger partial charge < -0.3 is 14.2 Å². The van der Waals surface area contributed by atoms with E-state index in [1.807, 2.05) is 37.4 Å². The maximum atomic E-state index is 13.7. The molecule has 0 saturated heterocycles. The van der Waals surface area contributed by atoms with Gasteiger partial charge in [0.15, 0.2) is 5.13 Å². The zero-order chi connectivity index (χ0) is 22.5. The van der Waals surface area contributed by atoms with E-state index in [1.54, 1.807) is 48.2 Å². The minimum Gasteiger partial charge on any atom is -0.497 e. The van der Waals surface area contributed by atoms with Crippen molar-refractivity contribution in [2.24, 2.45) is 0 Å². The van der Waals surface area contributed by atoms with E-state index >= 15 is 0 Å². The minimum atomic E-state index is -0.232. The van der Waals surface area contributed by atoms with Crippen LogP contribution < -0.4 is 19.1 Å². The van der Waals surface area contributed by atoms with Crippen LogP contribution in [0.1, 0.15) is 17.3 Å². The summed E-state index contributed by atoms with van der Waals surface area (Å²) in [7, 11) is 3.10. The highest BCUT2D eigenvalue weighted by Gasteiger charge is 2.25. The number of ether oxygens (including phenoxy) is 3. The number of aromatic nitrogens is 3. The third kappa shape index (κ3) is 4.38. The third-order valence-electron chi connectivity index (χ3n) is 4.90. The summed E-state index contributed by atoms with van der Waals surface area (Å²) in [6.45, 7) is 3.36. The number of rotatable bonds is 9. The zero-order valence-corrected chi connectivity index (χ0v) is 19.0. The van der Waals surface area contributed by atoms with E-state index in [4.69, 9.17) is 19.2 Å². The molecule has 0 unspecified atom stereocenters. The number of methoxy groups -OCH3 is 2. The average Bonchev–Trinajstić information content (AvgIpc) is 3.49. The summed E-state index contributed by atoms with van der Waals surface area (Å²) >= 11 is 1.44. The molecule has 4 aromatic rings. The minimum absolute atomic E-state index is 0.232. The Morgan fingerprint density at radius 1 is 1.12 bits per heavy atom. The molecule has 0 bridgehead atoms. The third-order valence-corrected chi connectivity index (χ3v) is 5.94. The van der Waals surface area contributed by atoms with Gasteiger partial charge in [0, 0.05) is 18.9 Å². The summed E-state index contributed by atoms with van der Waals surface area (Å²) < 4.78 is 19.2. The normalized spacial score (nSPS) is 10.8. The molecule has 0 saturated carbocycles. The van der Waals surface area contributed by atoms with Crippen LogP contribution in [-0.2, 0) is 6.54 Å². The summed E-state index contributed by atoms with van der Waals surface area (Å²) in [5.74, 6) is 1.51. The molecule has 2 aromatic carbocycles. The molecule has 2 aromatic heterocycles. The first-order valence-electron chi connectivity index (χ1n) is 10.2. The van der Waals surface area contributed by atoms with Gasteiger partial charge in [0.1, 0.15) is 22.8 Å². The topological polar surface area (TPSA) is 78.7 Å². The van der Waals surface area contributed by atoms with Gasteiger partial charge in [-0.3, -0.25) is 14.4 Å². The highest BCUT2D eigenvalue weighted by molar-refractivity contribution is 7.22. The number of amides is 1. The Morgan fingerprint density at radius 2 is 2.00 bits per heavy atom. The number of fused-ring (bicyclic) bond motifs is 1. The monoisotopic (exact) mass is 452 g/mol. The Bertz CT molecular complexity index is 1210. The largest absolute Gasteiger partial charge is 0.497 e. The maximum absolute atomic E-state index is 13.7. The first-order chi connectivity index (χ1) is 15.6. The van der Waals surface area contributed by atoms with Crippen LogP contribution in [0.15, 0.2) is 54.9 Å². The summed E-state index contributed by atoms with van der Waals surface area (Å²) in [4.78, 5) is 20.2. The Labute approximate surface area is 190 Å². The van der Waals surface area contributed by atoms with Crippen LogP contribution in [0.5, 0.6) is 17.2 Å². The van der Waals surface area contributed by atoms with Crippen molar-refractivity contribution in [2.75, 3.05) is 32.3 Å². The van der Waals surface area contributed by atoms with Crippen molar-refractivity contribution in [3.8, 4) is 17.2 Å². The van der Waals surface area contributed by atoms with E-state index in [0.717, 1.165) is 10.2 Å². The molecular weight excluding hydrogens is 428 g/mol. The lowest BCUT2D eigenvalue weighted by atomic mass is 10.1. The van der Waals surface area contributed by atoms with E-state index < -0.39 is 0 Å². The van der Waals surface area contributed by atoms with Gasteiger partial charge in [-0.2, -0.15) is 5.10 Å². The molecule has 0 fully saturated rings. The molecule has 9 heteroatoms. The molecule has 0 aliphatic heterocycles. The van der Waals surface area contributed by atoms with Crippen molar-refractivity contribution in [2.45, 2.75) is 13.5 Å². The van der Waals surface area contributed by atoms with Crippen molar-refractivity contribution >= 4 is 32.6 Å². The molecular formula is C23H24N4O4S. The van der Waals surface area contributed by atoms with Gasteiger partial charge in [-0.15, -0.1) is 0 Å². The molecule has 0 aliphatic rings. The predicted molar refractivity (Wildman–Crippen MR) is 124 cm³/mol. The number of carbonyl (C=O) groups is 1. The maximum Gasteiger partial charge on any atom is 0.264 e. The van der Waals surface area contributed by atoms with E-state index in [1.165, 1.54) is 11.3 Å². The fraction of sp³-hybridized carbons (Fsp3) is 0.261. The van der Waals surface area contributed by atoms with Gasteiger partial charge in [0.25, 0.3) is 5.91 Å². The smallest absolute Gasteiger partial charge is 0.264 e. The second-order valence-electron chi connectivity index (χ2n) is 6.82. The highest BCUT2D eigenvalue weighted by atomic mass is 32.1. The molecule has 0 aliphatic carbocycles. The number of carbonyl (C=O) groups excluding carboxylic acids is 1. The first-order valence-corrected chi connectivity index (χ1v) is 11.0. The number of benzene rings is 2. The van der Waals surface area contributed by atoms with Crippen LogP contribution in [-0.4, -0.2) is 48.0 Å². The molecule has 32 heavy (non-hydrogen) atoms. The summed E-state index contributed by atoms with van der Waals surface area (Å²) in [5.41, 5.74) is 1.14. The molecule has 0 radical (unpaired) electrons. The zero-order valence-electron chi connectivity index (χ0n) is 18.1. The molecule has 8 nitrogen and oxygen atoms in total. The number of anilines is 1. The molecule has 0 spiro atoms. The van der Waals surface area contributed by atoms with Crippen molar-refractivity contribution in [1.82, 2.24) is 14.8 Å². The quantitative estimate of drug-likeness (QED) is 0.378. The van der Waals surface area contributed by atoms with E-state index in [9.17, 15) is 4.79 Å². The SMILES string of the molecule is CCOc1cccc2sc(N(CCn3cccn3)C(=O)c3cc(OC)ccc3OC)nc12. The van der Waals surface area contributed by atoms with Crippen LogP contribution in [0.2, 0.25) is 0 Å².